The minimum Gasteiger partial charge on any atom is -0.480 e. The van der Waals surface area contributed by atoms with Gasteiger partial charge in [0.15, 0.2) is 0 Å². The molecule has 0 bridgehead atoms. The highest BCUT2D eigenvalue weighted by atomic mass is 16.5. The second-order valence-electron chi connectivity index (χ2n) is 6.84. The van der Waals surface area contributed by atoms with Crippen molar-refractivity contribution in [2.75, 3.05) is 49.7 Å². The van der Waals surface area contributed by atoms with Crippen LogP contribution in [-0.4, -0.2) is 54.2 Å². The number of carbonyl (C=O) groups excluding carboxylic acids is 1. The number of hydrogen-bond donors (Lipinski definition) is 3. The zero-order valence-electron chi connectivity index (χ0n) is 16.5. The number of aromatic nitrogens is 2. The summed E-state index contributed by atoms with van der Waals surface area (Å²) in [7, 11) is 1.55. The van der Waals surface area contributed by atoms with E-state index in [-0.39, 0.29) is 12.6 Å². The van der Waals surface area contributed by atoms with Crippen molar-refractivity contribution in [3.05, 3.63) is 35.3 Å². The van der Waals surface area contributed by atoms with Crippen LogP contribution in [-0.2, 0) is 6.54 Å². The lowest BCUT2D eigenvalue weighted by Gasteiger charge is -2.36. The zero-order chi connectivity index (χ0) is 20.3. The number of nitrogens with two attached hydrogens (primary N) is 2. The molecule has 5 N–H and O–H groups in total. The van der Waals surface area contributed by atoms with Crippen molar-refractivity contribution in [1.82, 2.24) is 20.2 Å². The maximum absolute atomic E-state index is 12.5. The van der Waals surface area contributed by atoms with Gasteiger partial charge >= 0.3 is 6.03 Å². The van der Waals surface area contributed by atoms with Gasteiger partial charge in [-0.15, -0.1) is 0 Å². The Morgan fingerprint density at radius 3 is 2.29 bits per heavy atom. The van der Waals surface area contributed by atoms with E-state index in [0.717, 1.165) is 17.1 Å². The lowest BCUT2D eigenvalue weighted by molar-refractivity contribution is 0.193. The molecule has 1 aromatic carbocycles. The number of aryl methyl sites for hydroxylation is 2. The van der Waals surface area contributed by atoms with Crippen LogP contribution in [0.1, 0.15) is 17.1 Å². The number of hydrogen-bond acceptors (Lipinski definition) is 7. The molecule has 150 valence electrons. The molecule has 0 atom stereocenters. The average molecular weight is 385 g/mol. The minimum absolute atomic E-state index is 0.131. The van der Waals surface area contributed by atoms with Gasteiger partial charge in [-0.1, -0.05) is 0 Å². The van der Waals surface area contributed by atoms with Gasteiger partial charge < -0.3 is 31.3 Å². The molecular formula is C19H27N7O2. The van der Waals surface area contributed by atoms with Crippen LogP contribution in [0.3, 0.4) is 0 Å². The maximum Gasteiger partial charge on any atom is 0.317 e. The summed E-state index contributed by atoms with van der Waals surface area (Å²) < 4.78 is 5.28. The topological polar surface area (TPSA) is 123 Å². The zero-order valence-corrected chi connectivity index (χ0v) is 16.5. The lowest BCUT2D eigenvalue weighted by Crippen LogP contribution is -2.51. The summed E-state index contributed by atoms with van der Waals surface area (Å²) in [6, 6.07) is 5.40. The van der Waals surface area contributed by atoms with Crippen LogP contribution in [0.15, 0.2) is 18.2 Å². The van der Waals surface area contributed by atoms with Crippen molar-refractivity contribution >= 4 is 23.1 Å². The molecule has 1 aromatic heterocycles. The summed E-state index contributed by atoms with van der Waals surface area (Å²) in [4.78, 5) is 25.3. The number of methoxy groups -OCH3 is 1. The first-order valence-electron chi connectivity index (χ1n) is 9.19. The first-order valence-corrected chi connectivity index (χ1v) is 9.19. The van der Waals surface area contributed by atoms with Gasteiger partial charge in [0.25, 0.3) is 0 Å². The Hall–Kier alpha value is -3.23. The molecule has 2 heterocycles. The Balaban J connectivity index is 1.56. The summed E-state index contributed by atoms with van der Waals surface area (Å²) in [6.07, 6.45) is 0. The Labute approximate surface area is 164 Å². The number of piperazine rings is 1. The van der Waals surface area contributed by atoms with E-state index in [9.17, 15) is 4.79 Å². The van der Waals surface area contributed by atoms with E-state index in [2.05, 4.69) is 20.2 Å². The standard InChI is InChI=1S/C19H27N7O2/c1-12-13(2)24-18(28-3)17(23-12)11-22-19(27)26-6-4-25(5-7-26)16-9-14(20)8-15(21)10-16/h8-10H,4-7,11,20-21H2,1-3H3,(H,22,27). The molecule has 3 rings (SSSR count). The number of carbonyl (C=O) groups is 1. The molecule has 2 aromatic rings. The predicted octanol–water partition coefficient (Wildman–Crippen LogP) is 1.30. The van der Waals surface area contributed by atoms with Gasteiger partial charge in [0.2, 0.25) is 5.88 Å². The van der Waals surface area contributed by atoms with Crippen molar-refractivity contribution in [1.29, 1.82) is 0 Å². The molecule has 1 fully saturated rings. The second kappa shape index (κ2) is 8.20. The number of nitrogen functional groups attached to an aromatic ring is 2. The van der Waals surface area contributed by atoms with E-state index in [4.69, 9.17) is 16.2 Å². The normalized spacial score (nSPS) is 14.1. The summed E-state index contributed by atoms with van der Waals surface area (Å²) in [5.41, 5.74) is 16.3. The quantitative estimate of drug-likeness (QED) is 0.678. The van der Waals surface area contributed by atoms with Gasteiger partial charge in [0.1, 0.15) is 5.69 Å². The third-order valence-electron chi connectivity index (χ3n) is 4.84. The Bertz CT molecular complexity index is 843. The van der Waals surface area contributed by atoms with Crippen LogP contribution >= 0.6 is 0 Å². The number of ether oxygens (including phenoxy) is 1. The van der Waals surface area contributed by atoms with E-state index < -0.39 is 0 Å². The van der Waals surface area contributed by atoms with Crippen LogP contribution in [0.25, 0.3) is 0 Å². The van der Waals surface area contributed by atoms with Gasteiger partial charge in [-0.25, -0.2) is 14.8 Å². The number of urea groups is 1. The third-order valence-corrected chi connectivity index (χ3v) is 4.84. The van der Waals surface area contributed by atoms with E-state index in [1.165, 1.54) is 0 Å². The molecular weight excluding hydrogens is 358 g/mol. The highest BCUT2D eigenvalue weighted by Gasteiger charge is 2.22. The molecule has 2 amide bonds. The molecule has 1 saturated heterocycles. The Morgan fingerprint density at radius 2 is 1.68 bits per heavy atom. The van der Waals surface area contributed by atoms with Gasteiger partial charge in [0, 0.05) is 43.2 Å². The smallest absolute Gasteiger partial charge is 0.317 e. The third kappa shape index (κ3) is 4.36. The fraction of sp³-hybridized carbons (Fsp3) is 0.421. The van der Waals surface area contributed by atoms with Crippen LogP contribution in [0.4, 0.5) is 21.9 Å². The molecule has 9 nitrogen and oxygen atoms in total. The first kappa shape index (κ1) is 19.5. The lowest BCUT2D eigenvalue weighted by atomic mass is 10.2. The van der Waals surface area contributed by atoms with Crippen LogP contribution < -0.4 is 26.4 Å². The molecule has 9 heteroatoms. The molecule has 0 spiro atoms. The number of benzene rings is 1. The van der Waals surface area contributed by atoms with Gasteiger partial charge in [-0.05, 0) is 32.0 Å². The number of anilines is 3. The van der Waals surface area contributed by atoms with Crippen molar-refractivity contribution in [3.63, 3.8) is 0 Å². The van der Waals surface area contributed by atoms with Gasteiger partial charge in [-0.3, -0.25) is 0 Å². The van der Waals surface area contributed by atoms with E-state index in [1.807, 2.05) is 26.0 Å². The second-order valence-corrected chi connectivity index (χ2v) is 6.84. The summed E-state index contributed by atoms with van der Waals surface area (Å²) in [5, 5.41) is 2.91. The van der Waals surface area contributed by atoms with Gasteiger partial charge in [0.05, 0.1) is 25.0 Å². The predicted molar refractivity (Wildman–Crippen MR) is 109 cm³/mol. The number of amides is 2. The highest BCUT2D eigenvalue weighted by Crippen LogP contribution is 2.23. The molecule has 1 aliphatic rings. The van der Waals surface area contributed by atoms with Crippen LogP contribution in [0.5, 0.6) is 5.88 Å². The van der Waals surface area contributed by atoms with E-state index in [1.54, 1.807) is 18.1 Å². The van der Waals surface area contributed by atoms with Crippen molar-refractivity contribution in [2.45, 2.75) is 20.4 Å². The van der Waals surface area contributed by atoms with Crippen molar-refractivity contribution in [3.8, 4) is 5.88 Å². The largest absolute Gasteiger partial charge is 0.480 e. The molecule has 0 unspecified atom stereocenters. The molecule has 0 radical (unpaired) electrons. The Morgan fingerprint density at radius 1 is 1.07 bits per heavy atom. The fourth-order valence-electron chi connectivity index (χ4n) is 3.19. The fourth-order valence-corrected chi connectivity index (χ4v) is 3.19. The van der Waals surface area contributed by atoms with E-state index >= 15 is 0 Å². The Kier molecular flexibility index (Phi) is 5.72. The monoisotopic (exact) mass is 385 g/mol. The highest BCUT2D eigenvalue weighted by molar-refractivity contribution is 5.74. The van der Waals surface area contributed by atoms with Gasteiger partial charge in [-0.2, -0.15) is 0 Å². The summed E-state index contributed by atoms with van der Waals surface area (Å²) >= 11 is 0. The number of nitrogens with zero attached hydrogens (tertiary/aromatic N) is 4. The van der Waals surface area contributed by atoms with Crippen LogP contribution in [0, 0.1) is 13.8 Å². The van der Waals surface area contributed by atoms with Crippen LogP contribution in [0.2, 0.25) is 0 Å². The maximum atomic E-state index is 12.5. The SMILES string of the molecule is COc1nc(C)c(C)nc1CNC(=O)N1CCN(c2cc(N)cc(N)c2)CC1. The van der Waals surface area contributed by atoms with Crippen molar-refractivity contribution < 1.29 is 9.53 Å². The summed E-state index contributed by atoms with van der Waals surface area (Å²) in [5.74, 6) is 0.437. The first-order chi connectivity index (χ1) is 13.4. The summed E-state index contributed by atoms with van der Waals surface area (Å²) in [6.45, 7) is 6.66. The molecule has 28 heavy (non-hydrogen) atoms. The molecule has 1 aliphatic heterocycles. The van der Waals surface area contributed by atoms with E-state index in [0.29, 0.717) is 49.1 Å². The minimum atomic E-state index is -0.131. The van der Waals surface area contributed by atoms with Crippen molar-refractivity contribution in [2.24, 2.45) is 0 Å². The molecule has 0 saturated carbocycles. The number of rotatable bonds is 4. The molecule has 0 aliphatic carbocycles. The number of nitrogens with one attached hydrogen (secondary N) is 1. The average Bonchev–Trinajstić information content (AvgIpc) is 2.67.